The van der Waals surface area contributed by atoms with Crippen LogP contribution in [0.3, 0.4) is 0 Å². The standard InChI is InChI=1S/C22H46ClN.CH5N/c1-3-4-5-6-7-8-9-10-11-12-13-14-15-18-21-24(2)22-19-16-17-20-23;1-2/h3-22H2,1-2H3;2H2,1H3. The topological polar surface area (TPSA) is 29.3 Å². The van der Waals surface area contributed by atoms with Gasteiger partial charge < -0.3 is 10.6 Å². The van der Waals surface area contributed by atoms with Gasteiger partial charge in [0.1, 0.15) is 0 Å². The molecule has 0 rings (SSSR count). The lowest BCUT2D eigenvalue weighted by atomic mass is 10.0. The molecule has 2 nitrogen and oxygen atoms in total. The molecule has 0 radical (unpaired) electrons. The van der Waals surface area contributed by atoms with Crippen molar-refractivity contribution >= 4 is 11.6 Å². The van der Waals surface area contributed by atoms with Gasteiger partial charge >= 0.3 is 0 Å². The zero-order valence-electron chi connectivity index (χ0n) is 18.5. The van der Waals surface area contributed by atoms with Crippen LogP contribution < -0.4 is 5.73 Å². The molecule has 0 aromatic heterocycles. The second-order valence-corrected chi connectivity index (χ2v) is 8.03. The second kappa shape index (κ2) is 27.4. The number of halogens is 1. The van der Waals surface area contributed by atoms with Crippen molar-refractivity contribution in [2.75, 3.05) is 33.1 Å². The van der Waals surface area contributed by atoms with E-state index in [9.17, 15) is 0 Å². The number of hydrogen-bond acceptors (Lipinski definition) is 2. The molecule has 0 aromatic carbocycles. The lowest BCUT2D eigenvalue weighted by molar-refractivity contribution is 0.316. The molecule has 2 N–H and O–H groups in total. The Labute approximate surface area is 171 Å². The maximum atomic E-state index is 5.71. The first-order valence-electron chi connectivity index (χ1n) is 11.6. The van der Waals surface area contributed by atoms with Gasteiger partial charge in [0.25, 0.3) is 0 Å². The van der Waals surface area contributed by atoms with Crippen LogP contribution in [-0.4, -0.2) is 38.0 Å². The SMILES string of the molecule is CCCCCCCCCCCCCCCCN(C)CCCCCCl.CN. The molecule has 0 spiro atoms. The minimum Gasteiger partial charge on any atom is -0.333 e. The fraction of sp³-hybridized carbons (Fsp3) is 1.00. The predicted molar refractivity (Wildman–Crippen MR) is 122 cm³/mol. The molecule has 0 atom stereocenters. The van der Waals surface area contributed by atoms with Crippen LogP contribution in [0.15, 0.2) is 0 Å². The van der Waals surface area contributed by atoms with Crippen molar-refractivity contribution < 1.29 is 0 Å². The van der Waals surface area contributed by atoms with Crippen LogP contribution in [-0.2, 0) is 0 Å². The lowest BCUT2D eigenvalue weighted by Gasteiger charge is -2.16. The fourth-order valence-corrected chi connectivity index (χ4v) is 3.53. The van der Waals surface area contributed by atoms with Gasteiger partial charge in [-0.15, -0.1) is 11.6 Å². The largest absolute Gasteiger partial charge is 0.333 e. The van der Waals surface area contributed by atoms with Crippen molar-refractivity contribution in [3.63, 3.8) is 0 Å². The minimum absolute atomic E-state index is 0.822. The normalized spacial score (nSPS) is 10.8. The Morgan fingerprint density at radius 2 is 0.846 bits per heavy atom. The smallest absolute Gasteiger partial charge is 0.0223 e. The Hall–Kier alpha value is 0.210. The molecule has 0 saturated heterocycles. The van der Waals surface area contributed by atoms with Gasteiger partial charge in [0.2, 0.25) is 0 Å². The average Bonchev–Trinajstić information content (AvgIpc) is 2.67. The van der Waals surface area contributed by atoms with E-state index in [-0.39, 0.29) is 0 Å². The molecule has 0 aliphatic rings. The Balaban J connectivity index is 0. The third-order valence-corrected chi connectivity index (χ3v) is 5.33. The summed E-state index contributed by atoms with van der Waals surface area (Å²) in [5.74, 6) is 0.822. The predicted octanol–water partition coefficient (Wildman–Crippen LogP) is 7.38. The first-order chi connectivity index (χ1) is 12.8. The molecule has 0 fully saturated rings. The third-order valence-electron chi connectivity index (χ3n) is 5.07. The summed E-state index contributed by atoms with van der Waals surface area (Å²) in [5.41, 5.74) is 4.50. The van der Waals surface area contributed by atoms with Crippen molar-refractivity contribution in [3.8, 4) is 0 Å². The highest BCUT2D eigenvalue weighted by atomic mass is 35.5. The number of alkyl halides is 1. The van der Waals surface area contributed by atoms with Gasteiger partial charge in [-0.3, -0.25) is 0 Å². The van der Waals surface area contributed by atoms with E-state index >= 15 is 0 Å². The van der Waals surface area contributed by atoms with E-state index in [2.05, 4.69) is 24.6 Å². The molecule has 0 unspecified atom stereocenters. The molecule has 3 heteroatoms. The Morgan fingerprint density at radius 1 is 0.538 bits per heavy atom. The Morgan fingerprint density at radius 3 is 1.19 bits per heavy atom. The molecular weight excluding hydrogens is 340 g/mol. The Bertz CT molecular complexity index is 224. The number of rotatable bonds is 20. The van der Waals surface area contributed by atoms with E-state index in [0.29, 0.717) is 0 Å². The van der Waals surface area contributed by atoms with Crippen molar-refractivity contribution in [1.29, 1.82) is 0 Å². The summed E-state index contributed by atoms with van der Waals surface area (Å²) in [6.07, 6.45) is 24.0. The summed E-state index contributed by atoms with van der Waals surface area (Å²) in [4.78, 5) is 2.49. The molecule has 0 heterocycles. The zero-order chi connectivity index (χ0) is 19.7. The number of hydrogen-bond donors (Lipinski definition) is 1. The summed E-state index contributed by atoms with van der Waals surface area (Å²) < 4.78 is 0. The van der Waals surface area contributed by atoms with Crippen LogP contribution >= 0.6 is 11.6 Å². The maximum Gasteiger partial charge on any atom is 0.0223 e. The first-order valence-corrected chi connectivity index (χ1v) is 12.2. The zero-order valence-corrected chi connectivity index (χ0v) is 19.3. The lowest BCUT2D eigenvalue weighted by Crippen LogP contribution is -2.20. The summed E-state index contributed by atoms with van der Waals surface area (Å²) in [6.45, 7) is 4.82. The molecule has 160 valence electrons. The van der Waals surface area contributed by atoms with Gasteiger partial charge in [0.15, 0.2) is 0 Å². The molecule has 0 aromatic rings. The van der Waals surface area contributed by atoms with Crippen molar-refractivity contribution in [3.05, 3.63) is 0 Å². The molecule has 0 amide bonds. The van der Waals surface area contributed by atoms with E-state index in [1.165, 1.54) is 129 Å². The van der Waals surface area contributed by atoms with Gasteiger partial charge in [-0.05, 0) is 46.4 Å². The molecule has 0 aliphatic heterocycles. The Kier molecular flexibility index (Phi) is 30.0. The molecule has 0 aliphatic carbocycles. The van der Waals surface area contributed by atoms with E-state index in [1.807, 2.05) is 0 Å². The van der Waals surface area contributed by atoms with Crippen LogP contribution in [0.5, 0.6) is 0 Å². The third kappa shape index (κ3) is 26.4. The van der Waals surface area contributed by atoms with Crippen LogP contribution in [0.1, 0.15) is 116 Å². The van der Waals surface area contributed by atoms with Gasteiger partial charge in [-0.2, -0.15) is 0 Å². The van der Waals surface area contributed by atoms with Crippen LogP contribution in [0.25, 0.3) is 0 Å². The van der Waals surface area contributed by atoms with E-state index in [1.54, 1.807) is 0 Å². The van der Waals surface area contributed by atoms with E-state index in [4.69, 9.17) is 11.6 Å². The van der Waals surface area contributed by atoms with Crippen LogP contribution in [0.4, 0.5) is 0 Å². The fourth-order valence-electron chi connectivity index (χ4n) is 3.34. The number of nitrogens with zero attached hydrogens (tertiary/aromatic N) is 1. The molecule has 26 heavy (non-hydrogen) atoms. The maximum absolute atomic E-state index is 5.71. The summed E-state index contributed by atoms with van der Waals surface area (Å²) in [6, 6.07) is 0. The highest BCUT2D eigenvalue weighted by molar-refractivity contribution is 6.17. The van der Waals surface area contributed by atoms with Crippen molar-refractivity contribution in [2.45, 2.75) is 116 Å². The number of unbranched alkanes of at least 4 members (excludes halogenated alkanes) is 15. The summed E-state index contributed by atoms with van der Waals surface area (Å²) >= 11 is 5.71. The second-order valence-electron chi connectivity index (χ2n) is 7.65. The highest BCUT2D eigenvalue weighted by Crippen LogP contribution is 2.13. The molecular formula is C23H51ClN2. The number of nitrogens with two attached hydrogens (primary N) is 1. The van der Waals surface area contributed by atoms with Crippen molar-refractivity contribution in [1.82, 2.24) is 4.90 Å². The van der Waals surface area contributed by atoms with Gasteiger partial charge in [0.05, 0.1) is 0 Å². The highest BCUT2D eigenvalue weighted by Gasteiger charge is 1.98. The quantitative estimate of drug-likeness (QED) is 0.173. The van der Waals surface area contributed by atoms with Crippen LogP contribution in [0.2, 0.25) is 0 Å². The van der Waals surface area contributed by atoms with E-state index < -0.39 is 0 Å². The summed E-state index contributed by atoms with van der Waals surface area (Å²) in [7, 11) is 3.77. The van der Waals surface area contributed by atoms with Crippen molar-refractivity contribution in [2.24, 2.45) is 5.73 Å². The van der Waals surface area contributed by atoms with E-state index in [0.717, 1.165) is 5.88 Å². The molecule has 0 saturated carbocycles. The summed E-state index contributed by atoms with van der Waals surface area (Å²) in [5, 5.41) is 0. The van der Waals surface area contributed by atoms with Gasteiger partial charge in [0, 0.05) is 5.88 Å². The first kappa shape index (κ1) is 28.4. The monoisotopic (exact) mass is 390 g/mol. The van der Waals surface area contributed by atoms with Gasteiger partial charge in [-0.1, -0.05) is 96.8 Å². The van der Waals surface area contributed by atoms with Crippen LogP contribution in [0, 0.1) is 0 Å². The van der Waals surface area contributed by atoms with Gasteiger partial charge in [-0.25, -0.2) is 0 Å². The minimum atomic E-state index is 0.822. The molecule has 0 bridgehead atoms. The average molecular weight is 391 g/mol.